The van der Waals surface area contributed by atoms with E-state index < -0.39 is 26.1 Å². The zero-order valence-corrected chi connectivity index (χ0v) is 16.3. The first-order chi connectivity index (χ1) is 12.5. The summed E-state index contributed by atoms with van der Waals surface area (Å²) in [6, 6.07) is 12.2. The van der Waals surface area contributed by atoms with Crippen molar-refractivity contribution in [3.63, 3.8) is 0 Å². The van der Waals surface area contributed by atoms with E-state index in [-0.39, 0.29) is 0 Å². The van der Waals surface area contributed by atoms with Crippen LogP contribution < -0.4 is 13.7 Å². The summed E-state index contributed by atoms with van der Waals surface area (Å²) < 4.78 is 52.4. The van der Waals surface area contributed by atoms with E-state index in [2.05, 4.69) is 4.72 Å². The summed E-state index contributed by atoms with van der Waals surface area (Å²) in [5.74, 6) is -0.449. The van der Waals surface area contributed by atoms with E-state index in [0.29, 0.717) is 17.8 Å². The van der Waals surface area contributed by atoms with Crippen LogP contribution in [0.3, 0.4) is 0 Å². The van der Waals surface area contributed by atoms with Crippen LogP contribution >= 0.6 is 0 Å². The summed E-state index contributed by atoms with van der Waals surface area (Å²) in [5, 5.41) is 9.36. The maximum atomic E-state index is 11.9. The quantitative estimate of drug-likeness (QED) is 0.698. The molecule has 0 radical (unpaired) electrons. The summed E-state index contributed by atoms with van der Waals surface area (Å²) in [4.78, 5) is 0. The third kappa shape index (κ3) is 4.52. The second kappa shape index (κ2) is 6.78. The van der Waals surface area contributed by atoms with Crippen molar-refractivity contribution in [2.45, 2.75) is 13.3 Å². The van der Waals surface area contributed by atoms with Gasteiger partial charge < -0.3 is 5.11 Å². The number of anilines is 2. The van der Waals surface area contributed by atoms with Gasteiger partial charge in [-0.25, -0.2) is 17.4 Å². The standard InChI is InChI=1S/C17H19N3O5S2/c1-12-3-6-14(16(9-12)18-26(2,22)23)10-13-4-7-15(8-5-13)20-11-17(21)19-27(20,24)25/h3-9,11,18-19,21H,10H2,1-2H3. The maximum absolute atomic E-state index is 11.9. The molecule has 144 valence electrons. The molecule has 0 fully saturated rings. The van der Waals surface area contributed by atoms with Gasteiger partial charge in [0.15, 0.2) is 0 Å². The highest BCUT2D eigenvalue weighted by Gasteiger charge is 2.28. The molecule has 0 saturated carbocycles. The van der Waals surface area contributed by atoms with E-state index in [0.717, 1.165) is 33.5 Å². The van der Waals surface area contributed by atoms with Crippen LogP contribution in [0.15, 0.2) is 54.5 Å². The number of aryl methyl sites for hydroxylation is 1. The molecule has 0 unspecified atom stereocenters. The molecule has 3 rings (SSSR count). The Morgan fingerprint density at radius 2 is 1.81 bits per heavy atom. The van der Waals surface area contributed by atoms with Crippen molar-refractivity contribution >= 4 is 31.6 Å². The molecule has 0 atom stereocenters. The fraction of sp³-hybridized carbons (Fsp3) is 0.176. The molecule has 0 bridgehead atoms. The van der Waals surface area contributed by atoms with E-state index in [9.17, 15) is 21.9 Å². The number of aliphatic hydroxyl groups excluding tert-OH is 1. The average molecular weight is 409 g/mol. The molecule has 0 aliphatic carbocycles. The van der Waals surface area contributed by atoms with Crippen molar-refractivity contribution in [1.29, 1.82) is 0 Å². The van der Waals surface area contributed by atoms with E-state index in [1.54, 1.807) is 30.3 Å². The second-order valence-electron chi connectivity index (χ2n) is 6.30. The topological polar surface area (TPSA) is 116 Å². The predicted molar refractivity (Wildman–Crippen MR) is 104 cm³/mol. The van der Waals surface area contributed by atoms with Gasteiger partial charge in [-0.05, 0) is 48.2 Å². The largest absolute Gasteiger partial charge is 0.493 e. The number of benzene rings is 2. The molecule has 1 heterocycles. The van der Waals surface area contributed by atoms with Crippen molar-refractivity contribution in [3.05, 3.63) is 71.2 Å². The third-order valence-electron chi connectivity index (χ3n) is 3.88. The Kier molecular flexibility index (Phi) is 4.79. The highest BCUT2D eigenvalue weighted by Crippen LogP contribution is 2.26. The molecular formula is C17H19N3O5S2. The third-order valence-corrected chi connectivity index (χ3v) is 5.77. The number of nitrogens with zero attached hydrogens (tertiary/aromatic N) is 1. The Morgan fingerprint density at radius 3 is 2.37 bits per heavy atom. The molecule has 1 aliphatic heterocycles. The zero-order valence-electron chi connectivity index (χ0n) is 14.7. The van der Waals surface area contributed by atoms with Gasteiger partial charge in [0.25, 0.3) is 0 Å². The zero-order chi connectivity index (χ0) is 19.8. The average Bonchev–Trinajstić information content (AvgIpc) is 2.82. The molecule has 2 aromatic carbocycles. The van der Waals surface area contributed by atoms with Gasteiger partial charge in [-0.1, -0.05) is 24.3 Å². The van der Waals surface area contributed by atoms with Crippen LogP contribution in [0.25, 0.3) is 0 Å². The normalized spacial score (nSPS) is 15.9. The molecule has 3 N–H and O–H groups in total. The minimum absolute atomic E-state index is 0.369. The fourth-order valence-electron chi connectivity index (χ4n) is 2.72. The fourth-order valence-corrected chi connectivity index (χ4v) is 4.36. The Hall–Kier alpha value is -2.72. The predicted octanol–water partition coefficient (Wildman–Crippen LogP) is 1.97. The monoisotopic (exact) mass is 409 g/mol. The first kappa shape index (κ1) is 19.1. The van der Waals surface area contributed by atoms with Crippen LogP contribution in [0.2, 0.25) is 0 Å². The molecule has 1 aliphatic rings. The van der Waals surface area contributed by atoms with Crippen molar-refractivity contribution < 1.29 is 21.9 Å². The number of nitrogens with one attached hydrogen (secondary N) is 2. The van der Waals surface area contributed by atoms with E-state index in [1.165, 1.54) is 0 Å². The molecule has 0 saturated heterocycles. The van der Waals surface area contributed by atoms with Crippen LogP contribution in [0.1, 0.15) is 16.7 Å². The molecule has 27 heavy (non-hydrogen) atoms. The van der Waals surface area contributed by atoms with Crippen LogP contribution in [0, 0.1) is 6.92 Å². The minimum Gasteiger partial charge on any atom is -0.493 e. The molecule has 0 amide bonds. The smallest absolute Gasteiger partial charge is 0.330 e. The summed E-state index contributed by atoms with van der Waals surface area (Å²) >= 11 is 0. The van der Waals surface area contributed by atoms with Crippen LogP contribution in [-0.2, 0) is 26.7 Å². The van der Waals surface area contributed by atoms with Gasteiger partial charge in [0, 0.05) is 0 Å². The number of hydrogen-bond donors (Lipinski definition) is 3. The Labute approximate surface area is 158 Å². The van der Waals surface area contributed by atoms with Gasteiger partial charge in [-0.3, -0.25) is 4.72 Å². The maximum Gasteiger partial charge on any atom is 0.330 e. The number of sulfonamides is 1. The first-order valence-corrected chi connectivity index (χ1v) is 11.3. The second-order valence-corrected chi connectivity index (χ2v) is 9.59. The van der Waals surface area contributed by atoms with Gasteiger partial charge in [0.2, 0.25) is 15.9 Å². The summed E-state index contributed by atoms with van der Waals surface area (Å²) in [6.07, 6.45) is 2.64. The van der Waals surface area contributed by atoms with Gasteiger partial charge in [0.05, 0.1) is 23.8 Å². The SMILES string of the molecule is Cc1ccc(Cc2ccc(N3C=C(O)NS3(=O)=O)cc2)c(NS(C)(=O)=O)c1. The summed E-state index contributed by atoms with van der Waals surface area (Å²) in [7, 11) is -7.23. The van der Waals surface area contributed by atoms with E-state index in [1.807, 2.05) is 23.8 Å². The lowest BCUT2D eigenvalue weighted by atomic mass is 10.0. The molecule has 0 aromatic heterocycles. The van der Waals surface area contributed by atoms with E-state index >= 15 is 0 Å². The van der Waals surface area contributed by atoms with Gasteiger partial charge in [-0.15, -0.1) is 0 Å². The van der Waals surface area contributed by atoms with E-state index in [4.69, 9.17) is 0 Å². The van der Waals surface area contributed by atoms with Gasteiger partial charge in [0.1, 0.15) is 0 Å². The van der Waals surface area contributed by atoms with Crippen molar-refractivity contribution in [2.75, 3.05) is 15.3 Å². The molecule has 2 aromatic rings. The van der Waals surface area contributed by atoms with Crippen LogP contribution in [0.5, 0.6) is 0 Å². The van der Waals surface area contributed by atoms with Crippen LogP contribution in [0.4, 0.5) is 11.4 Å². The Morgan fingerprint density at radius 1 is 1.15 bits per heavy atom. The minimum atomic E-state index is -3.83. The summed E-state index contributed by atoms with van der Waals surface area (Å²) in [5.41, 5.74) is 3.48. The summed E-state index contributed by atoms with van der Waals surface area (Å²) in [6.45, 7) is 1.87. The molecule has 8 nitrogen and oxygen atoms in total. The lowest BCUT2D eigenvalue weighted by Crippen LogP contribution is -2.29. The number of rotatable bonds is 5. The molecule has 10 heteroatoms. The highest BCUT2D eigenvalue weighted by molar-refractivity contribution is 7.92. The van der Waals surface area contributed by atoms with Crippen molar-refractivity contribution in [2.24, 2.45) is 0 Å². The van der Waals surface area contributed by atoms with Crippen molar-refractivity contribution in [1.82, 2.24) is 4.72 Å². The molecule has 0 spiro atoms. The lowest BCUT2D eigenvalue weighted by Gasteiger charge is -2.15. The van der Waals surface area contributed by atoms with Gasteiger partial charge in [-0.2, -0.15) is 8.42 Å². The van der Waals surface area contributed by atoms with Crippen LogP contribution in [-0.4, -0.2) is 28.2 Å². The highest BCUT2D eigenvalue weighted by atomic mass is 32.2. The Bertz CT molecular complexity index is 1110. The first-order valence-electron chi connectivity index (χ1n) is 7.93. The number of hydrogen-bond acceptors (Lipinski definition) is 5. The Balaban J connectivity index is 1.86. The van der Waals surface area contributed by atoms with Crippen molar-refractivity contribution in [3.8, 4) is 0 Å². The lowest BCUT2D eigenvalue weighted by molar-refractivity contribution is 0.392. The number of aliphatic hydroxyl groups is 1. The van der Waals surface area contributed by atoms with Gasteiger partial charge >= 0.3 is 10.2 Å². The molecular weight excluding hydrogens is 390 g/mol.